The summed E-state index contributed by atoms with van der Waals surface area (Å²) in [5.74, 6) is -2.62. The van der Waals surface area contributed by atoms with Gasteiger partial charge in [0.05, 0.1) is 36.6 Å². The largest absolute Gasteiger partial charge is 0.507 e. The molecule has 1 heterocycles. The number of aromatic hydroxyl groups is 1. The lowest BCUT2D eigenvalue weighted by molar-refractivity contribution is -0.140. The number of ether oxygens (including phenoxy) is 3. The summed E-state index contributed by atoms with van der Waals surface area (Å²) in [6, 6.07) is 2.14. The average Bonchev–Trinajstić information content (AvgIpc) is 2.56. The summed E-state index contributed by atoms with van der Waals surface area (Å²) in [4.78, 5) is 25.0. The standard InChI is InChI=1S/C14H13BrFNO6/c1-21-13(19)7-5-23-6-17(12(7)14(20)22-2)10-4-11(18)8(15)3-9(10)16/h3-4,18H,5-6H2,1-2H3. The Morgan fingerprint density at radius 3 is 2.57 bits per heavy atom. The van der Waals surface area contributed by atoms with Crippen LogP contribution in [-0.2, 0) is 23.8 Å². The summed E-state index contributed by atoms with van der Waals surface area (Å²) < 4.78 is 28.9. The van der Waals surface area contributed by atoms with Crippen molar-refractivity contribution in [2.45, 2.75) is 0 Å². The fourth-order valence-electron chi connectivity index (χ4n) is 2.07. The number of phenols is 1. The number of benzene rings is 1. The van der Waals surface area contributed by atoms with E-state index in [1.165, 1.54) is 0 Å². The van der Waals surface area contributed by atoms with Crippen LogP contribution < -0.4 is 4.90 Å². The van der Waals surface area contributed by atoms with Crippen LogP contribution in [0.25, 0.3) is 0 Å². The van der Waals surface area contributed by atoms with Gasteiger partial charge in [-0.1, -0.05) is 0 Å². The molecule has 0 aromatic heterocycles. The highest BCUT2D eigenvalue weighted by atomic mass is 79.9. The minimum absolute atomic E-state index is 0.104. The number of hydrogen-bond acceptors (Lipinski definition) is 7. The van der Waals surface area contributed by atoms with E-state index in [1.54, 1.807) is 0 Å². The molecule has 7 nitrogen and oxygen atoms in total. The monoisotopic (exact) mass is 389 g/mol. The Morgan fingerprint density at radius 2 is 1.96 bits per heavy atom. The first-order valence-corrected chi connectivity index (χ1v) is 7.13. The summed E-state index contributed by atoms with van der Waals surface area (Å²) in [5, 5.41) is 9.75. The van der Waals surface area contributed by atoms with E-state index in [0.29, 0.717) is 0 Å². The molecule has 124 valence electrons. The Balaban J connectivity index is 2.62. The van der Waals surface area contributed by atoms with Crippen LogP contribution in [-0.4, -0.2) is 44.6 Å². The summed E-state index contributed by atoms with van der Waals surface area (Å²) >= 11 is 2.99. The lowest BCUT2D eigenvalue weighted by Gasteiger charge is -2.31. The molecule has 1 aromatic carbocycles. The van der Waals surface area contributed by atoms with Gasteiger partial charge < -0.3 is 24.2 Å². The first-order chi connectivity index (χ1) is 10.9. The van der Waals surface area contributed by atoms with E-state index in [4.69, 9.17) is 4.74 Å². The van der Waals surface area contributed by atoms with Gasteiger partial charge in [-0.3, -0.25) is 0 Å². The minimum Gasteiger partial charge on any atom is -0.507 e. The van der Waals surface area contributed by atoms with Crippen LogP contribution in [0.15, 0.2) is 27.9 Å². The lowest BCUT2D eigenvalue weighted by Crippen LogP contribution is -2.39. The zero-order valence-corrected chi connectivity index (χ0v) is 13.8. The molecule has 1 aliphatic heterocycles. The highest BCUT2D eigenvalue weighted by Gasteiger charge is 2.33. The smallest absolute Gasteiger partial charge is 0.355 e. The lowest BCUT2D eigenvalue weighted by atomic mass is 10.1. The van der Waals surface area contributed by atoms with E-state index in [-0.39, 0.29) is 40.5 Å². The van der Waals surface area contributed by atoms with Gasteiger partial charge in [0.2, 0.25) is 0 Å². The van der Waals surface area contributed by atoms with Crippen molar-refractivity contribution in [1.82, 2.24) is 0 Å². The van der Waals surface area contributed by atoms with Crippen molar-refractivity contribution in [2.75, 3.05) is 32.5 Å². The van der Waals surface area contributed by atoms with Crippen LogP contribution in [0, 0.1) is 5.82 Å². The highest BCUT2D eigenvalue weighted by Crippen LogP contribution is 2.35. The third kappa shape index (κ3) is 3.30. The van der Waals surface area contributed by atoms with Crippen molar-refractivity contribution in [2.24, 2.45) is 0 Å². The third-order valence-corrected chi connectivity index (χ3v) is 3.78. The molecular weight excluding hydrogens is 377 g/mol. The Kier molecular flexibility index (Phi) is 5.22. The Labute approximate surface area is 139 Å². The van der Waals surface area contributed by atoms with Crippen molar-refractivity contribution < 1.29 is 33.3 Å². The molecule has 0 amide bonds. The fourth-order valence-corrected chi connectivity index (χ4v) is 2.38. The van der Waals surface area contributed by atoms with Crippen molar-refractivity contribution in [3.8, 4) is 5.75 Å². The van der Waals surface area contributed by atoms with Gasteiger partial charge in [-0.25, -0.2) is 14.0 Å². The second-order valence-corrected chi connectivity index (χ2v) is 5.33. The maximum atomic E-state index is 14.2. The Morgan fingerprint density at radius 1 is 1.30 bits per heavy atom. The van der Waals surface area contributed by atoms with Crippen LogP contribution in [0.2, 0.25) is 0 Å². The molecule has 1 N–H and O–H groups in total. The second-order valence-electron chi connectivity index (χ2n) is 4.47. The molecule has 0 aliphatic carbocycles. The number of nitrogens with zero attached hydrogens (tertiary/aromatic N) is 1. The Hall–Kier alpha value is -2.13. The minimum atomic E-state index is -0.851. The SMILES string of the molecule is COC(=O)C1=C(C(=O)OC)N(c2cc(O)c(Br)cc2F)COC1. The summed E-state index contributed by atoms with van der Waals surface area (Å²) in [6.45, 7) is -0.388. The number of esters is 2. The molecule has 0 atom stereocenters. The maximum absolute atomic E-state index is 14.2. The number of halogens is 2. The number of anilines is 1. The summed E-state index contributed by atoms with van der Waals surface area (Å²) in [7, 11) is 2.28. The number of carbonyl (C=O) groups is 2. The van der Waals surface area contributed by atoms with E-state index in [1.807, 2.05) is 0 Å². The predicted octanol–water partition coefficient (Wildman–Crippen LogP) is 1.69. The van der Waals surface area contributed by atoms with Gasteiger partial charge in [-0.15, -0.1) is 0 Å². The van der Waals surface area contributed by atoms with Gasteiger partial charge in [-0.2, -0.15) is 0 Å². The van der Waals surface area contributed by atoms with E-state index >= 15 is 0 Å². The van der Waals surface area contributed by atoms with Gasteiger partial charge >= 0.3 is 11.9 Å². The van der Waals surface area contributed by atoms with Gasteiger partial charge in [0.1, 0.15) is 24.0 Å². The highest BCUT2D eigenvalue weighted by molar-refractivity contribution is 9.10. The van der Waals surface area contributed by atoms with Crippen molar-refractivity contribution in [1.29, 1.82) is 0 Å². The zero-order chi connectivity index (χ0) is 17.1. The summed E-state index contributed by atoms with van der Waals surface area (Å²) in [5.41, 5.74) is -0.453. The first kappa shape index (κ1) is 17.2. The van der Waals surface area contributed by atoms with Crippen molar-refractivity contribution >= 4 is 33.6 Å². The van der Waals surface area contributed by atoms with E-state index in [0.717, 1.165) is 31.3 Å². The molecule has 0 bridgehead atoms. The molecule has 0 spiro atoms. The molecule has 23 heavy (non-hydrogen) atoms. The van der Waals surface area contributed by atoms with E-state index in [9.17, 15) is 19.1 Å². The van der Waals surface area contributed by atoms with E-state index < -0.39 is 17.8 Å². The summed E-state index contributed by atoms with van der Waals surface area (Å²) in [6.07, 6.45) is 0. The molecule has 9 heteroatoms. The van der Waals surface area contributed by atoms with Crippen LogP contribution in [0.3, 0.4) is 0 Å². The number of phenolic OH excluding ortho intramolecular Hbond substituents is 1. The van der Waals surface area contributed by atoms with Crippen LogP contribution >= 0.6 is 15.9 Å². The molecule has 0 saturated carbocycles. The molecule has 1 aliphatic rings. The van der Waals surface area contributed by atoms with E-state index in [2.05, 4.69) is 25.4 Å². The average molecular weight is 390 g/mol. The molecular formula is C14H13BrFNO6. The van der Waals surface area contributed by atoms with Crippen LogP contribution in [0.4, 0.5) is 10.1 Å². The Bertz CT molecular complexity index is 690. The maximum Gasteiger partial charge on any atom is 0.355 e. The zero-order valence-electron chi connectivity index (χ0n) is 12.3. The second kappa shape index (κ2) is 6.97. The predicted molar refractivity (Wildman–Crippen MR) is 80.1 cm³/mol. The third-order valence-electron chi connectivity index (χ3n) is 3.14. The van der Waals surface area contributed by atoms with Gasteiger partial charge in [0, 0.05) is 6.07 Å². The number of methoxy groups -OCH3 is 2. The molecule has 0 fully saturated rings. The first-order valence-electron chi connectivity index (χ1n) is 6.33. The molecule has 0 saturated heterocycles. The van der Waals surface area contributed by atoms with Gasteiger partial charge in [-0.05, 0) is 22.0 Å². The quantitative estimate of drug-likeness (QED) is 0.787. The van der Waals surface area contributed by atoms with Gasteiger partial charge in [0.25, 0.3) is 0 Å². The molecule has 2 rings (SSSR count). The van der Waals surface area contributed by atoms with Crippen LogP contribution in [0.5, 0.6) is 5.75 Å². The number of hydrogen-bond donors (Lipinski definition) is 1. The number of rotatable bonds is 3. The molecule has 1 aromatic rings. The van der Waals surface area contributed by atoms with Crippen molar-refractivity contribution in [3.05, 3.63) is 33.7 Å². The van der Waals surface area contributed by atoms with Crippen LogP contribution in [0.1, 0.15) is 0 Å². The van der Waals surface area contributed by atoms with Gasteiger partial charge in [0.15, 0.2) is 0 Å². The normalized spacial score (nSPS) is 14.7. The molecule has 0 radical (unpaired) electrons. The van der Waals surface area contributed by atoms with Crippen molar-refractivity contribution in [3.63, 3.8) is 0 Å². The fraction of sp³-hybridized carbons (Fsp3) is 0.286. The topological polar surface area (TPSA) is 85.3 Å². The molecule has 0 unspecified atom stereocenters. The number of carbonyl (C=O) groups excluding carboxylic acids is 2.